The number of nitrogens with zero attached hydrogens (tertiary/aromatic N) is 1. The molecule has 0 saturated carbocycles. The summed E-state index contributed by atoms with van der Waals surface area (Å²) in [5, 5.41) is 16.0. The molecule has 0 atom stereocenters. The van der Waals surface area contributed by atoms with Crippen molar-refractivity contribution < 1.29 is 9.72 Å². The summed E-state index contributed by atoms with van der Waals surface area (Å²) in [6, 6.07) is 4.06. The van der Waals surface area contributed by atoms with Crippen molar-refractivity contribution >= 4 is 28.9 Å². The second kappa shape index (κ2) is 6.17. The molecular formula is C10H12ClN3O3. The van der Waals surface area contributed by atoms with Gasteiger partial charge in [0.25, 0.3) is 5.69 Å². The predicted octanol–water partition coefficient (Wildman–Crippen LogP) is 1.80. The maximum absolute atomic E-state index is 11.4. The highest BCUT2D eigenvalue weighted by Gasteiger charge is 2.12. The molecule has 0 aliphatic rings. The molecule has 92 valence electrons. The molecule has 6 nitrogen and oxygen atoms in total. The van der Waals surface area contributed by atoms with Gasteiger partial charge in [-0.25, -0.2) is 0 Å². The molecule has 1 rings (SSSR count). The molecule has 7 heteroatoms. The molecule has 0 heterocycles. The van der Waals surface area contributed by atoms with Crippen molar-refractivity contribution in [3.63, 3.8) is 0 Å². The summed E-state index contributed by atoms with van der Waals surface area (Å²) in [6.45, 7) is 0.562. The molecule has 0 radical (unpaired) electrons. The molecule has 1 amide bonds. The lowest BCUT2D eigenvalue weighted by atomic mass is 10.2. The molecule has 0 spiro atoms. The van der Waals surface area contributed by atoms with E-state index in [0.29, 0.717) is 18.7 Å². The summed E-state index contributed by atoms with van der Waals surface area (Å²) in [4.78, 5) is 21.3. The van der Waals surface area contributed by atoms with Crippen LogP contribution in [0.4, 0.5) is 11.4 Å². The van der Waals surface area contributed by atoms with Crippen LogP contribution >= 0.6 is 11.6 Å². The first-order valence-corrected chi connectivity index (χ1v) is 5.30. The maximum atomic E-state index is 11.4. The number of benzene rings is 1. The second-order valence-electron chi connectivity index (χ2n) is 3.33. The van der Waals surface area contributed by atoms with Gasteiger partial charge in [0.05, 0.1) is 4.92 Å². The van der Waals surface area contributed by atoms with Crippen LogP contribution in [0.3, 0.4) is 0 Å². The SMILES string of the molecule is CNCCC(=O)Nc1ccc([N+](=O)[O-])c(Cl)c1. The van der Waals surface area contributed by atoms with E-state index < -0.39 is 4.92 Å². The van der Waals surface area contributed by atoms with Crippen LogP contribution in [0.15, 0.2) is 18.2 Å². The molecule has 0 aliphatic heterocycles. The van der Waals surface area contributed by atoms with Crippen molar-refractivity contribution in [3.8, 4) is 0 Å². The van der Waals surface area contributed by atoms with Crippen LogP contribution in [0.1, 0.15) is 6.42 Å². The number of nitrogens with one attached hydrogen (secondary N) is 2. The van der Waals surface area contributed by atoms with Gasteiger partial charge in [-0.05, 0) is 19.2 Å². The van der Waals surface area contributed by atoms with Crippen molar-refractivity contribution in [2.24, 2.45) is 0 Å². The average molecular weight is 258 g/mol. The van der Waals surface area contributed by atoms with Crippen molar-refractivity contribution in [3.05, 3.63) is 33.3 Å². The van der Waals surface area contributed by atoms with Gasteiger partial charge in [0.2, 0.25) is 5.91 Å². The molecule has 0 unspecified atom stereocenters. The number of rotatable bonds is 5. The van der Waals surface area contributed by atoms with Crippen LogP contribution in [0.2, 0.25) is 5.02 Å². The van der Waals surface area contributed by atoms with Crippen LogP contribution < -0.4 is 10.6 Å². The van der Waals surface area contributed by atoms with E-state index in [1.807, 2.05) is 0 Å². The first-order valence-electron chi connectivity index (χ1n) is 4.93. The lowest BCUT2D eigenvalue weighted by Gasteiger charge is -2.05. The van der Waals surface area contributed by atoms with Crippen LogP contribution in [0.25, 0.3) is 0 Å². The molecular weight excluding hydrogens is 246 g/mol. The first kappa shape index (κ1) is 13.4. The number of nitro groups is 1. The highest BCUT2D eigenvalue weighted by Crippen LogP contribution is 2.27. The van der Waals surface area contributed by atoms with Gasteiger partial charge in [-0.1, -0.05) is 11.6 Å². The summed E-state index contributed by atoms with van der Waals surface area (Å²) >= 11 is 5.71. The highest BCUT2D eigenvalue weighted by atomic mass is 35.5. The number of anilines is 1. The van der Waals surface area contributed by atoms with E-state index in [-0.39, 0.29) is 16.6 Å². The van der Waals surface area contributed by atoms with Crippen molar-refractivity contribution in [1.82, 2.24) is 5.32 Å². The summed E-state index contributed by atoms with van der Waals surface area (Å²) in [7, 11) is 1.75. The third-order valence-electron chi connectivity index (χ3n) is 2.03. The van der Waals surface area contributed by atoms with Crippen LogP contribution in [0, 0.1) is 10.1 Å². The van der Waals surface area contributed by atoms with E-state index in [0.717, 1.165) is 0 Å². The zero-order chi connectivity index (χ0) is 12.8. The molecule has 0 aromatic heterocycles. The smallest absolute Gasteiger partial charge is 0.288 e. The number of carbonyl (C=O) groups is 1. The highest BCUT2D eigenvalue weighted by molar-refractivity contribution is 6.33. The van der Waals surface area contributed by atoms with E-state index in [9.17, 15) is 14.9 Å². The van der Waals surface area contributed by atoms with Gasteiger partial charge in [0.15, 0.2) is 0 Å². The van der Waals surface area contributed by atoms with Crippen molar-refractivity contribution in [2.75, 3.05) is 18.9 Å². The number of hydrogen-bond donors (Lipinski definition) is 2. The molecule has 17 heavy (non-hydrogen) atoms. The minimum absolute atomic E-state index is 0.00131. The molecule has 1 aromatic carbocycles. The minimum Gasteiger partial charge on any atom is -0.326 e. The van der Waals surface area contributed by atoms with Crippen LogP contribution in [-0.4, -0.2) is 24.4 Å². The second-order valence-corrected chi connectivity index (χ2v) is 3.73. The number of nitro benzene ring substituents is 1. The summed E-state index contributed by atoms with van der Waals surface area (Å²) < 4.78 is 0. The average Bonchev–Trinajstić information content (AvgIpc) is 2.26. The van der Waals surface area contributed by atoms with Gasteiger partial charge in [-0.3, -0.25) is 14.9 Å². The zero-order valence-electron chi connectivity index (χ0n) is 9.20. The fourth-order valence-electron chi connectivity index (χ4n) is 1.19. The van der Waals surface area contributed by atoms with E-state index >= 15 is 0 Å². The Labute approximate surface area is 103 Å². The van der Waals surface area contributed by atoms with Crippen LogP contribution in [-0.2, 0) is 4.79 Å². The number of carbonyl (C=O) groups excluding carboxylic acids is 1. The Hall–Kier alpha value is -1.66. The van der Waals surface area contributed by atoms with Gasteiger partial charge < -0.3 is 10.6 Å². The van der Waals surface area contributed by atoms with Gasteiger partial charge >= 0.3 is 0 Å². The number of hydrogen-bond acceptors (Lipinski definition) is 4. The standard InChI is InChI=1S/C10H12ClN3O3/c1-12-5-4-10(15)13-7-2-3-9(14(16)17)8(11)6-7/h2-3,6,12H,4-5H2,1H3,(H,13,15). The Morgan fingerprint density at radius 2 is 2.24 bits per heavy atom. The van der Waals surface area contributed by atoms with E-state index in [4.69, 9.17) is 11.6 Å². The van der Waals surface area contributed by atoms with E-state index in [2.05, 4.69) is 10.6 Å². The van der Waals surface area contributed by atoms with Crippen LogP contribution in [0.5, 0.6) is 0 Å². The molecule has 1 aromatic rings. The van der Waals surface area contributed by atoms with Crippen molar-refractivity contribution in [1.29, 1.82) is 0 Å². The summed E-state index contributed by atoms with van der Waals surface area (Å²) in [5.74, 6) is -0.177. The Bertz CT molecular complexity index is 437. The number of halogens is 1. The number of amides is 1. The van der Waals surface area contributed by atoms with E-state index in [1.54, 1.807) is 7.05 Å². The lowest BCUT2D eigenvalue weighted by molar-refractivity contribution is -0.384. The zero-order valence-corrected chi connectivity index (χ0v) is 9.95. The Kier molecular flexibility index (Phi) is 4.86. The maximum Gasteiger partial charge on any atom is 0.288 e. The lowest BCUT2D eigenvalue weighted by Crippen LogP contribution is -2.18. The molecule has 0 fully saturated rings. The third-order valence-corrected chi connectivity index (χ3v) is 2.33. The fraction of sp³-hybridized carbons (Fsp3) is 0.300. The Morgan fingerprint density at radius 1 is 1.53 bits per heavy atom. The molecule has 2 N–H and O–H groups in total. The third kappa shape index (κ3) is 4.01. The van der Waals surface area contributed by atoms with Gasteiger partial charge in [-0.2, -0.15) is 0 Å². The molecule has 0 aliphatic carbocycles. The van der Waals surface area contributed by atoms with Gasteiger partial charge in [-0.15, -0.1) is 0 Å². The van der Waals surface area contributed by atoms with Gasteiger partial charge in [0.1, 0.15) is 5.02 Å². The topological polar surface area (TPSA) is 84.3 Å². The van der Waals surface area contributed by atoms with E-state index in [1.165, 1.54) is 18.2 Å². The van der Waals surface area contributed by atoms with Crippen molar-refractivity contribution in [2.45, 2.75) is 6.42 Å². The minimum atomic E-state index is -0.574. The first-order chi connectivity index (χ1) is 8.04. The normalized spacial score (nSPS) is 10.0. The summed E-state index contributed by atoms with van der Waals surface area (Å²) in [6.07, 6.45) is 0.325. The fourth-order valence-corrected chi connectivity index (χ4v) is 1.44. The van der Waals surface area contributed by atoms with Gasteiger partial charge in [0, 0.05) is 24.7 Å². The summed E-state index contributed by atoms with van der Waals surface area (Å²) in [5.41, 5.74) is 0.265. The largest absolute Gasteiger partial charge is 0.326 e. The molecule has 0 bridgehead atoms. The Balaban J connectivity index is 2.70. The quantitative estimate of drug-likeness (QED) is 0.622. The Morgan fingerprint density at radius 3 is 2.76 bits per heavy atom. The molecule has 0 saturated heterocycles. The monoisotopic (exact) mass is 257 g/mol. The predicted molar refractivity (Wildman–Crippen MR) is 65.3 cm³/mol.